The van der Waals surface area contributed by atoms with Gasteiger partial charge in [-0.3, -0.25) is 9.36 Å². The fourth-order valence-corrected chi connectivity index (χ4v) is 3.82. The highest BCUT2D eigenvalue weighted by atomic mass is 32.1. The number of anilines is 1. The van der Waals surface area contributed by atoms with E-state index in [2.05, 4.69) is 29.1 Å². The molecule has 0 amide bonds. The van der Waals surface area contributed by atoms with Crippen molar-refractivity contribution in [2.45, 2.75) is 19.9 Å². The van der Waals surface area contributed by atoms with Gasteiger partial charge >= 0.3 is 0 Å². The molecule has 0 atom stereocenters. The normalized spacial score (nSPS) is 11.5. The molecule has 1 aromatic carbocycles. The van der Waals surface area contributed by atoms with Crippen LogP contribution in [0.1, 0.15) is 13.8 Å². The van der Waals surface area contributed by atoms with Crippen molar-refractivity contribution in [3.05, 3.63) is 59.0 Å². The van der Waals surface area contributed by atoms with Gasteiger partial charge in [0.25, 0.3) is 5.56 Å². The molecule has 3 aromatic heterocycles. The average molecular weight is 354 g/mol. The van der Waals surface area contributed by atoms with E-state index < -0.39 is 0 Å². The SMILES string of the molecule is CC(C)Nc1ccnc2sc3c(=O)n(-c4ccc(F)cc4)cnc3c12. The third kappa shape index (κ3) is 2.66. The van der Waals surface area contributed by atoms with Crippen LogP contribution >= 0.6 is 11.3 Å². The molecule has 0 aliphatic heterocycles. The van der Waals surface area contributed by atoms with Crippen LogP contribution in [-0.2, 0) is 0 Å². The van der Waals surface area contributed by atoms with E-state index in [9.17, 15) is 9.18 Å². The van der Waals surface area contributed by atoms with Gasteiger partial charge in [0.1, 0.15) is 21.7 Å². The molecule has 0 radical (unpaired) electrons. The Bertz CT molecular complexity index is 1130. The summed E-state index contributed by atoms with van der Waals surface area (Å²) in [5.74, 6) is -0.346. The van der Waals surface area contributed by atoms with E-state index in [4.69, 9.17) is 0 Å². The molecule has 5 nitrogen and oxygen atoms in total. The fourth-order valence-electron chi connectivity index (χ4n) is 2.77. The number of benzene rings is 1. The molecule has 0 unspecified atom stereocenters. The first-order valence-electron chi connectivity index (χ1n) is 7.86. The van der Waals surface area contributed by atoms with Crippen LogP contribution in [0.15, 0.2) is 47.7 Å². The molecule has 1 N–H and O–H groups in total. The van der Waals surface area contributed by atoms with Crippen molar-refractivity contribution >= 4 is 37.5 Å². The van der Waals surface area contributed by atoms with E-state index in [0.717, 1.165) is 15.9 Å². The summed E-state index contributed by atoms with van der Waals surface area (Å²) in [7, 11) is 0. The highest BCUT2D eigenvalue weighted by Crippen LogP contribution is 2.34. The van der Waals surface area contributed by atoms with Crippen LogP contribution in [0.4, 0.5) is 10.1 Å². The van der Waals surface area contributed by atoms with Crippen LogP contribution in [0.25, 0.3) is 26.1 Å². The van der Waals surface area contributed by atoms with Crippen LogP contribution in [0.5, 0.6) is 0 Å². The minimum Gasteiger partial charge on any atom is -0.382 e. The van der Waals surface area contributed by atoms with Gasteiger partial charge in [0.2, 0.25) is 0 Å². The fraction of sp³-hybridized carbons (Fsp3) is 0.167. The number of rotatable bonds is 3. The van der Waals surface area contributed by atoms with Crippen molar-refractivity contribution < 1.29 is 4.39 Å². The van der Waals surface area contributed by atoms with Gasteiger partial charge in [0.15, 0.2) is 0 Å². The minimum absolute atomic E-state index is 0.185. The maximum absolute atomic E-state index is 13.1. The lowest BCUT2D eigenvalue weighted by Crippen LogP contribution is -2.17. The molecule has 4 rings (SSSR count). The van der Waals surface area contributed by atoms with Crippen molar-refractivity contribution in [3.8, 4) is 5.69 Å². The number of fused-ring (bicyclic) bond motifs is 3. The largest absolute Gasteiger partial charge is 0.382 e. The zero-order valence-electron chi connectivity index (χ0n) is 13.7. The van der Waals surface area contributed by atoms with E-state index >= 15 is 0 Å². The molecule has 4 aromatic rings. The zero-order valence-corrected chi connectivity index (χ0v) is 14.5. The highest BCUT2D eigenvalue weighted by Gasteiger charge is 2.16. The maximum atomic E-state index is 13.1. The molecular formula is C18H15FN4OS. The zero-order chi connectivity index (χ0) is 17.6. The van der Waals surface area contributed by atoms with Crippen LogP contribution < -0.4 is 10.9 Å². The van der Waals surface area contributed by atoms with E-state index in [0.29, 0.717) is 15.9 Å². The number of thiophene rings is 1. The summed E-state index contributed by atoms with van der Waals surface area (Å²) in [6.45, 7) is 4.10. The number of hydrogen-bond acceptors (Lipinski definition) is 5. The van der Waals surface area contributed by atoms with Crippen molar-refractivity contribution in [3.63, 3.8) is 0 Å². The van der Waals surface area contributed by atoms with E-state index in [1.807, 2.05) is 6.07 Å². The van der Waals surface area contributed by atoms with Crippen LogP contribution in [0.3, 0.4) is 0 Å². The molecule has 7 heteroatoms. The number of aromatic nitrogens is 3. The number of hydrogen-bond donors (Lipinski definition) is 1. The van der Waals surface area contributed by atoms with Crippen LogP contribution in [-0.4, -0.2) is 20.6 Å². The Labute approximate surface area is 146 Å². The van der Waals surface area contributed by atoms with Crippen molar-refractivity contribution in [2.24, 2.45) is 0 Å². The predicted molar refractivity (Wildman–Crippen MR) is 99.2 cm³/mol. The number of halogens is 1. The average Bonchev–Trinajstić information content (AvgIpc) is 2.96. The molecule has 0 spiro atoms. The van der Waals surface area contributed by atoms with Gasteiger partial charge < -0.3 is 5.32 Å². The summed E-state index contributed by atoms with van der Waals surface area (Å²) in [5, 5.41) is 4.23. The lowest BCUT2D eigenvalue weighted by Gasteiger charge is -2.10. The molecule has 0 saturated heterocycles. The third-order valence-corrected chi connectivity index (χ3v) is 4.91. The summed E-state index contributed by atoms with van der Waals surface area (Å²) in [6, 6.07) is 7.90. The minimum atomic E-state index is -0.346. The highest BCUT2D eigenvalue weighted by molar-refractivity contribution is 7.25. The third-order valence-electron chi connectivity index (χ3n) is 3.83. The number of pyridine rings is 1. The second kappa shape index (κ2) is 5.93. The van der Waals surface area contributed by atoms with Gasteiger partial charge in [-0.25, -0.2) is 14.4 Å². The first-order chi connectivity index (χ1) is 12.0. The van der Waals surface area contributed by atoms with Gasteiger partial charge in [0.05, 0.1) is 16.6 Å². The van der Waals surface area contributed by atoms with Gasteiger partial charge in [0, 0.05) is 17.9 Å². The second-order valence-corrected chi connectivity index (χ2v) is 7.01. The molecule has 126 valence electrons. The van der Waals surface area contributed by atoms with E-state index in [1.165, 1.54) is 34.4 Å². The molecule has 0 aliphatic carbocycles. The Morgan fingerprint density at radius 2 is 1.92 bits per heavy atom. The predicted octanol–water partition coefficient (Wildman–Crippen LogP) is 3.95. The molecule has 0 fully saturated rings. The molecule has 3 heterocycles. The topological polar surface area (TPSA) is 59.8 Å². The Balaban J connectivity index is 1.98. The Morgan fingerprint density at radius 3 is 2.64 bits per heavy atom. The van der Waals surface area contributed by atoms with Crippen LogP contribution in [0, 0.1) is 5.82 Å². The number of nitrogens with zero attached hydrogens (tertiary/aromatic N) is 3. The first-order valence-corrected chi connectivity index (χ1v) is 8.67. The summed E-state index contributed by atoms with van der Waals surface area (Å²) in [4.78, 5) is 22.6. The molecule has 25 heavy (non-hydrogen) atoms. The van der Waals surface area contributed by atoms with Gasteiger partial charge in [-0.15, -0.1) is 11.3 Å². The summed E-state index contributed by atoms with van der Waals surface area (Å²) in [6.07, 6.45) is 3.21. The molecule has 0 aliphatic rings. The van der Waals surface area contributed by atoms with Crippen LogP contribution in [0.2, 0.25) is 0 Å². The van der Waals surface area contributed by atoms with E-state index in [-0.39, 0.29) is 17.4 Å². The standard InChI is InChI=1S/C18H15FN4OS/c1-10(2)22-13-7-8-20-17-14(13)15-16(25-17)18(24)23(9-21-15)12-5-3-11(19)4-6-12/h3-10H,1-2H3,(H,20,22). The lowest BCUT2D eigenvalue weighted by atomic mass is 10.2. The smallest absolute Gasteiger partial charge is 0.275 e. The Hall–Kier alpha value is -2.80. The summed E-state index contributed by atoms with van der Waals surface area (Å²) >= 11 is 1.32. The Morgan fingerprint density at radius 1 is 1.16 bits per heavy atom. The second-order valence-electron chi connectivity index (χ2n) is 6.01. The van der Waals surface area contributed by atoms with Crippen molar-refractivity contribution in [2.75, 3.05) is 5.32 Å². The van der Waals surface area contributed by atoms with Gasteiger partial charge in [-0.2, -0.15) is 0 Å². The van der Waals surface area contributed by atoms with Crippen molar-refractivity contribution in [1.29, 1.82) is 0 Å². The van der Waals surface area contributed by atoms with Gasteiger partial charge in [-0.1, -0.05) is 0 Å². The first kappa shape index (κ1) is 15.7. The van der Waals surface area contributed by atoms with Crippen molar-refractivity contribution in [1.82, 2.24) is 14.5 Å². The summed E-state index contributed by atoms with van der Waals surface area (Å²) in [5.41, 5.74) is 1.94. The quantitative estimate of drug-likeness (QED) is 0.605. The van der Waals surface area contributed by atoms with E-state index in [1.54, 1.807) is 18.3 Å². The Kier molecular flexibility index (Phi) is 3.73. The molecule has 0 saturated carbocycles. The number of nitrogens with one attached hydrogen (secondary N) is 1. The maximum Gasteiger partial charge on any atom is 0.275 e. The molecule has 0 bridgehead atoms. The monoisotopic (exact) mass is 354 g/mol. The lowest BCUT2D eigenvalue weighted by molar-refractivity contribution is 0.627. The van der Waals surface area contributed by atoms with Gasteiger partial charge in [-0.05, 0) is 44.2 Å². The molecular weight excluding hydrogens is 339 g/mol. The summed E-state index contributed by atoms with van der Waals surface area (Å²) < 4.78 is 15.1.